The van der Waals surface area contributed by atoms with Gasteiger partial charge in [0.05, 0.1) is 12.7 Å². The molecule has 2 N–H and O–H groups in total. The number of hydrogen-bond acceptors (Lipinski definition) is 5. The predicted molar refractivity (Wildman–Crippen MR) is 109 cm³/mol. The molecule has 150 valence electrons. The second kappa shape index (κ2) is 8.48. The van der Waals surface area contributed by atoms with Crippen LogP contribution < -0.4 is 10.9 Å². The molecule has 0 bridgehead atoms. The number of hydrogen-bond donors (Lipinski definition) is 2. The molecule has 4 rings (SSSR count). The largest absolute Gasteiger partial charge is 0.469 e. The number of aromatic nitrogens is 1. The lowest BCUT2D eigenvalue weighted by Gasteiger charge is -2.29. The van der Waals surface area contributed by atoms with Crippen molar-refractivity contribution in [2.75, 3.05) is 13.1 Å². The summed E-state index contributed by atoms with van der Waals surface area (Å²) in [7, 11) is 0. The standard InChI is InChI=1S/C21H21N3O4S/c25-18(11-16-4-2-10-29-16)24-8-6-17-14(13-24)12-23-21(27)19(17)20(26)22-7-5-15-3-1-9-28-15/h1-4,9-10,12H,5-8,11,13H2,(H,22,26)(H,23,27). The highest BCUT2D eigenvalue weighted by Crippen LogP contribution is 2.21. The zero-order valence-corrected chi connectivity index (χ0v) is 16.6. The van der Waals surface area contributed by atoms with Crippen molar-refractivity contribution in [2.24, 2.45) is 0 Å². The first-order valence-corrected chi connectivity index (χ1v) is 10.3. The first kappa shape index (κ1) is 19.2. The van der Waals surface area contributed by atoms with Gasteiger partial charge in [0.25, 0.3) is 11.5 Å². The highest BCUT2D eigenvalue weighted by atomic mass is 32.1. The van der Waals surface area contributed by atoms with Gasteiger partial charge in [0.15, 0.2) is 0 Å². The Kier molecular flexibility index (Phi) is 5.62. The summed E-state index contributed by atoms with van der Waals surface area (Å²) < 4.78 is 5.25. The van der Waals surface area contributed by atoms with E-state index in [1.807, 2.05) is 23.6 Å². The molecule has 3 aromatic heterocycles. The van der Waals surface area contributed by atoms with E-state index in [2.05, 4.69) is 10.3 Å². The highest BCUT2D eigenvalue weighted by molar-refractivity contribution is 7.10. The van der Waals surface area contributed by atoms with E-state index in [9.17, 15) is 14.4 Å². The molecule has 7 nitrogen and oxygen atoms in total. The fourth-order valence-electron chi connectivity index (χ4n) is 3.54. The summed E-state index contributed by atoms with van der Waals surface area (Å²) >= 11 is 1.56. The van der Waals surface area contributed by atoms with Crippen molar-refractivity contribution >= 4 is 23.2 Å². The lowest BCUT2D eigenvalue weighted by Crippen LogP contribution is -2.40. The van der Waals surface area contributed by atoms with Crippen molar-refractivity contribution < 1.29 is 14.0 Å². The van der Waals surface area contributed by atoms with Crippen molar-refractivity contribution in [3.8, 4) is 0 Å². The first-order chi connectivity index (χ1) is 14.1. The Labute approximate surface area is 171 Å². The van der Waals surface area contributed by atoms with Gasteiger partial charge in [0, 0.05) is 37.1 Å². The molecular formula is C21H21N3O4S. The van der Waals surface area contributed by atoms with Gasteiger partial charge in [-0.2, -0.15) is 0 Å². The van der Waals surface area contributed by atoms with Crippen LogP contribution in [0.25, 0.3) is 0 Å². The number of pyridine rings is 1. The number of aromatic amines is 1. The maximum Gasteiger partial charge on any atom is 0.261 e. The Balaban J connectivity index is 1.45. The van der Waals surface area contributed by atoms with Crippen molar-refractivity contribution in [3.63, 3.8) is 0 Å². The summed E-state index contributed by atoms with van der Waals surface area (Å²) in [5.41, 5.74) is 1.28. The fourth-order valence-corrected chi connectivity index (χ4v) is 4.23. The van der Waals surface area contributed by atoms with Crippen LogP contribution in [0.3, 0.4) is 0 Å². The monoisotopic (exact) mass is 411 g/mol. The number of nitrogens with one attached hydrogen (secondary N) is 2. The normalized spacial score (nSPS) is 13.2. The average molecular weight is 411 g/mol. The third-order valence-corrected chi connectivity index (χ3v) is 5.89. The molecule has 0 aliphatic carbocycles. The van der Waals surface area contributed by atoms with Gasteiger partial charge in [-0.1, -0.05) is 6.07 Å². The van der Waals surface area contributed by atoms with Gasteiger partial charge in [-0.15, -0.1) is 11.3 Å². The number of rotatable bonds is 6. The summed E-state index contributed by atoms with van der Waals surface area (Å²) in [6.07, 6.45) is 4.60. The van der Waals surface area contributed by atoms with Gasteiger partial charge in [0.2, 0.25) is 5.91 Å². The van der Waals surface area contributed by atoms with E-state index in [0.717, 1.165) is 21.8 Å². The van der Waals surface area contributed by atoms with Crippen LogP contribution in [0.2, 0.25) is 0 Å². The van der Waals surface area contributed by atoms with Crippen molar-refractivity contribution in [1.29, 1.82) is 0 Å². The van der Waals surface area contributed by atoms with Crippen LogP contribution in [0.5, 0.6) is 0 Å². The Morgan fingerprint density at radius 3 is 2.93 bits per heavy atom. The molecule has 4 heterocycles. The van der Waals surface area contributed by atoms with Crippen molar-refractivity contribution in [3.05, 3.63) is 79.8 Å². The molecule has 0 radical (unpaired) electrons. The minimum atomic E-state index is -0.405. The third kappa shape index (κ3) is 4.32. The van der Waals surface area contributed by atoms with Gasteiger partial charge in [-0.05, 0) is 41.1 Å². The summed E-state index contributed by atoms with van der Waals surface area (Å²) in [5.74, 6) is 0.427. The number of thiophene rings is 1. The number of furan rings is 1. The third-order valence-electron chi connectivity index (χ3n) is 5.01. The zero-order valence-electron chi connectivity index (χ0n) is 15.8. The minimum absolute atomic E-state index is 0.0498. The molecule has 0 saturated heterocycles. The molecule has 1 aliphatic heterocycles. The van der Waals surface area contributed by atoms with Gasteiger partial charge < -0.3 is 19.6 Å². The lowest BCUT2D eigenvalue weighted by atomic mass is 9.96. The van der Waals surface area contributed by atoms with Gasteiger partial charge in [0.1, 0.15) is 11.3 Å². The Morgan fingerprint density at radius 2 is 2.17 bits per heavy atom. The van der Waals surface area contributed by atoms with E-state index < -0.39 is 11.5 Å². The Morgan fingerprint density at radius 1 is 1.28 bits per heavy atom. The maximum absolute atomic E-state index is 12.7. The van der Waals surface area contributed by atoms with Crippen LogP contribution in [-0.2, 0) is 30.6 Å². The molecule has 0 unspecified atom stereocenters. The van der Waals surface area contributed by atoms with Crippen LogP contribution in [0.1, 0.15) is 32.1 Å². The van der Waals surface area contributed by atoms with Crippen molar-refractivity contribution in [1.82, 2.24) is 15.2 Å². The zero-order chi connectivity index (χ0) is 20.2. The average Bonchev–Trinajstić information content (AvgIpc) is 3.41. The SMILES string of the molecule is O=C(NCCc1ccco1)c1c2c(c[nH]c1=O)CN(C(=O)Cc1cccs1)CC2. The van der Waals surface area contributed by atoms with E-state index in [0.29, 0.717) is 38.9 Å². The number of H-pyrrole nitrogens is 1. The van der Waals surface area contributed by atoms with Crippen LogP contribution in [0.4, 0.5) is 0 Å². The first-order valence-electron chi connectivity index (χ1n) is 9.46. The molecule has 0 aromatic carbocycles. The molecule has 0 atom stereocenters. The van der Waals surface area contributed by atoms with E-state index in [1.54, 1.807) is 34.8 Å². The molecule has 2 amide bonds. The highest BCUT2D eigenvalue weighted by Gasteiger charge is 2.26. The summed E-state index contributed by atoms with van der Waals surface area (Å²) in [6, 6.07) is 7.51. The maximum atomic E-state index is 12.7. The van der Waals surface area contributed by atoms with Crippen LogP contribution in [-0.4, -0.2) is 34.8 Å². The molecule has 29 heavy (non-hydrogen) atoms. The van der Waals surface area contributed by atoms with Crippen LogP contribution in [0.15, 0.2) is 51.3 Å². The second-order valence-corrected chi connectivity index (χ2v) is 7.94. The quantitative estimate of drug-likeness (QED) is 0.650. The number of carbonyl (C=O) groups is 2. The fraction of sp³-hybridized carbons (Fsp3) is 0.286. The van der Waals surface area contributed by atoms with Crippen molar-refractivity contribution in [2.45, 2.75) is 25.8 Å². The number of amides is 2. The van der Waals surface area contributed by atoms with Gasteiger partial charge >= 0.3 is 0 Å². The van der Waals surface area contributed by atoms with Crippen LogP contribution >= 0.6 is 11.3 Å². The molecule has 8 heteroatoms. The van der Waals surface area contributed by atoms with E-state index >= 15 is 0 Å². The molecule has 3 aromatic rings. The summed E-state index contributed by atoms with van der Waals surface area (Å²) in [4.78, 5) is 43.0. The van der Waals surface area contributed by atoms with Crippen LogP contribution in [0, 0.1) is 0 Å². The number of carbonyl (C=O) groups excluding carboxylic acids is 2. The summed E-state index contributed by atoms with van der Waals surface area (Å²) in [6.45, 7) is 1.26. The topological polar surface area (TPSA) is 95.4 Å². The molecular weight excluding hydrogens is 390 g/mol. The van der Waals surface area contributed by atoms with E-state index in [-0.39, 0.29) is 11.5 Å². The van der Waals surface area contributed by atoms with Gasteiger partial charge in [-0.25, -0.2) is 0 Å². The predicted octanol–water partition coefficient (Wildman–Crippen LogP) is 2.13. The number of fused-ring (bicyclic) bond motifs is 1. The Bertz CT molecular complexity index is 1050. The number of nitrogens with zero attached hydrogens (tertiary/aromatic N) is 1. The molecule has 1 aliphatic rings. The molecule has 0 fully saturated rings. The smallest absolute Gasteiger partial charge is 0.261 e. The minimum Gasteiger partial charge on any atom is -0.469 e. The van der Waals surface area contributed by atoms with E-state index in [4.69, 9.17) is 4.42 Å². The van der Waals surface area contributed by atoms with E-state index in [1.165, 1.54) is 0 Å². The molecule has 0 spiro atoms. The lowest BCUT2D eigenvalue weighted by molar-refractivity contribution is -0.131. The molecule has 0 saturated carbocycles. The summed E-state index contributed by atoms with van der Waals surface area (Å²) in [5, 5.41) is 4.75. The van der Waals surface area contributed by atoms with Gasteiger partial charge in [-0.3, -0.25) is 14.4 Å². The Hall–Kier alpha value is -3.13. The second-order valence-electron chi connectivity index (χ2n) is 6.90.